The van der Waals surface area contributed by atoms with Crippen molar-refractivity contribution in [3.63, 3.8) is 0 Å². The Kier molecular flexibility index (Phi) is 6.20. The van der Waals surface area contributed by atoms with Crippen molar-refractivity contribution in [2.75, 3.05) is 39.3 Å². The van der Waals surface area contributed by atoms with E-state index >= 15 is 0 Å². The van der Waals surface area contributed by atoms with Gasteiger partial charge in [-0.3, -0.25) is 9.69 Å². The molecular weight excluding hydrogens is 378 g/mol. The van der Waals surface area contributed by atoms with E-state index in [0.717, 1.165) is 13.1 Å². The number of halogens is 1. The molecule has 0 N–H and O–H groups in total. The summed E-state index contributed by atoms with van der Waals surface area (Å²) >= 11 is 5.91. The first-order valence-corrected chi connectivity index (χ1v) is 10.3. The van der Waals surface area contributed by atoms with E-state index in [-0.39, 0.29) is 12.0 Å². The zero-order valence-electron chi connectivity index (χ0n) is 17.2. The largest absolute Gasteiger partial charge is 0.444 e. The normalized spacial score (nSPS) is 23.8. The Morgan fingerprint density at radius 2 is 1.61 bits per heavy atom. The SMILES string of the molecule is C[C@H]1CN(C(=O)OC(C)(C)C)C[C@H]1N1CCN(C(=O)c2ccc(Cl)cc2)CC1. The van der Waals surface area contributed by atoms with Crippen LogP contribution in [0.3, 0.4) is 0 Å². The lowest BCUT2D eigenvalue weighted by atomic mass is 10.0. The van der Waals surface area contributed by atoms with Gasteiger partial charge in [0.25, 0.3) is 5.91 Å². The molecule has 6 nitrogen and oxygen atoms in total. The summed E-state index contributed by atoms with van der Waals surface area (Å²) in [5.41, 5.74) is 0.190. The van der Waals surface area contributed by atoms with Crippen molar-refractivity contribution in [3.05, 3.63) is 34.9 Å². The minimum Gasteiger partial charge on any atom is -0.444 e. The molecule has 1 aromatic rings. The van der Waals surface area contributed by atoms with E-state index in [9.17, 15) is 9.59 Å². The first-order valence-electron chi connectivity index (χ1n) is 9.91. The maximum Gasteiger partial charge on any atom is 0.410 e. The smallest absolute Gasteiger partial charge is 0.410 e. The summed E-state index contributed by atoms with van der Waals surface area (Å²) in [6, 6.07) is 7.34. The Morgan fingerprint density at radius 1 is 1.00 bits per heavy atom. The zero-order chi connectivity index (χ0) is 20.5. The van der Waals surface area contributed by atoms with E-state index in [1.807, 2.05) is 30.6 Å². The Morgan fingerprint density at radius 3 is 2.18 bits per heavy atom. The maximum atomic E-state index is 12.7. The van der Waals surface area contributed by atoms with Gasteiger partial charge in [-0.25, -0.2) is 4.79 Å². The highest BCUT2D eigenvalue weighted by Gasteiger charge is 2.39. The highest BCUT2D eigenvalue weighted by atomic mass is 35.5. The van der Waals surface area contributed by atoms with Crippen LogP contribution in [0.15, 0.2) is 24.3 Å². The van der Waals surface area contributed by atoms with Crippen LogP contribution in [0.5, 0.6) is 0 Å². The van der Waals surface area contributed by atoms with Gasteiger partial charge in [0.2, 0.25) is 0 Å². The first-order chi connectivity index (χ1) is 13.1. The van der Waals surface area contributed by atoms with Gasteiger partial charge in [0.05, 0.1) is 0 Å². The van der Waals surface area contributed by atoms with Gasteiger partial charge in [0.15, 0.2) is 0 Å². The topological polar surface area (TPSA) is 53.1 Å². The predicted molar refractivity (Wildman–Crippen MR) is 110 cm³/mol. The van der Waals surface area contributed by atoms with E-state index < -0.39 is 5.60 Å². The Balaban J connectivity index is 1.54. The molecule has 2 atom stereocenters. The van der Waals surface area contributed by atoms with Gasteiger partial charge in [-0.05, 0) is 51.0 Å². The van der Waals surface area contributed by atoms with Gasteiger partial charge in [-0.2, -0.15) is 0 Å². The molecule has 2 aliphatic heterocycles. The molecule has 2 amide bonds. The second kappa shape index (κ2) is 8.29. The number of rotatable bonds is 2. The van der Waals surface area contributed by atoms with Crippen LogP contribution in [0.1, 0.15) is 38.1 Å². The number of likely N-dealkylation sites (tertiary alicyclic amines) is 1. The van der Waals surface area contributed by atoms with Crippen LogP contribution in [0.2, 0.25) is 5.02 Å². The summed E-state index contributed by atoms with van der Waals surface area (Å²) in [5, 5.41) is 0.631. The van der Waals surface area contributed by atoms with E-state index in [1.165, 1.54) is 0 Å². The molecule has 2 heterocycles. The van der Waals surface area contributed by atoms with Gasteiger partial charge in [0.1, 0.15) is 5.60 Å². The Bertz CT molecular complexity index is 709. The summed E-state index contributed by atoms with van der Waals surface area (Å²) in [6.45, 7) is 12.3. The number of hydrogen-bond donors (Lipinski definition) is 0. The van der Waals surface area contributed by atoms with Crippen LogP contribution >= 0.6 is 11.6 Å². The summed E-state index contributed by atoms with van der Waals surface area (Å²) in [6.07, 6.45) is -0.238. The van der Waals surface area contributed by atoms with Crippen molar-refractivity contribution in [3.8, 4) is 0 Å². The molecule has 2 aliphatic rings. The molecule has 1 aromatic carbocycles. The van der Waals surface area contributed by atoms with Crippen LogP contribution in [-0.2, 0) is 4.74 Å². The average Bonchev–Trinajstić information content (AvgIpc) is 3.02. The molecule has 28 heavy (non-hydrogen) atoms. The molecule has 0 aliphatic carbocycles. The number of ether oxygens (including phenoxy) is 1. The lowest BCUT2D eigenvalue weighted by Gasteiger charge is -2.39. The summed E-state index contributed by atoms with van der Waals surface area (Å²) in [5.74, 6) is 0.428. The van der Waals surface area contributed by atoms with Crippen LogP contribution in [0.4, 0.5) is 4.79 Å². The summed E-state index contributed by atoms with van der Waals surface area (Å²) < 4.78 is 5.52. The molecule has 0 bridgehead atoms. The van der Waals surface area contributed by atoms with Crippen LogP contribution in [0, 0.1) is 5.92 Å². The molecule has 0 aromatic heterocycles. The number of amides is 2. The minimum atomic E-state index is -0.480. The van der Waals surface area contributed by atoms with Crippen molar-refractivity contribution < 1.29 is 14.3 Å². The second-order valence-electron chi connectivity index (χ2n) is 8.77. The van der Waals surface area contributed by atoms with Crippen molar-refractivity contribution in [2.24, 2.45) is 5.92 Å². The molecular formula is C21H30ClN3O3. The molecule has 0 radical (unpaired) electrons. The standard InChI is InChI=1S/C21H30ClN3O3/c1-15-13-25(20(27)28-21(2,3)4)14-18(15)23-9-11-24(12-10-23)19(26)16-5-7-17(22)8-6-16/h5-8,15,18H,9-14H2,1-4H3/t15-,18+/m0/s1. The fourth-order valence-corrected chi connectivity index (χ4v) is 4.06. The fraction of sp³-hybridized carbons (Fsp3) is 0.619. The van der Waals surface area contributed by atoms with Gasteiger partial charge in [-0.15, -0.1) is 0 Å². The van der Waals surface area contributed by atoms with E-state index in [0.29, 0.717) is 48.7 Å². The van der Waals surface area contributed by atoms with Crippen molar-refractivity contribution >= 4 is 23.6 Å². The highest BCUT2D eigenvalue weighted by molar-refractivity contribution is 6.30. The third-order valence-electron chi connectivity index (χ3n) is 5.39. The average molecular weight is 408 g/mol. The number of benzene rings is 1. The van der Waals surface area contributed by atoms with Crippen molar-refractivity contribution in [2.45, 2.75) is 39.3 Å². The summed E-state index contributed by atoms with van der Waals surface area (Å²) in [4.78, 5) is 31.2. The molecule has 154 valence electrons. The fourth-order valence-electron chi connectivity index (χ4n) is 3.93. The molecule has 2 saturated heterocycles. The van der Waals surface area contributed by atoms with Crippen molar-refractivity contribution in [1.82, 2.24) is 14.7 Å². The van der Waals surface area contributed by atoms with Gasteiger partial charge in [-0.1, -0.05) is 18.5 Å². The molecule has 2 fully saturated rings. The third-order valence-corrected chi connectivity index (χ3v) is 5.64. The number of carbonyl (C=O) groups is 2. The Hall–Kier alpha value is -1.79. The highest BCUT2D eigenvalue weighted by Crippen LogP contribution is 2.25. The molecule has 3 rings (SSSR count). The molecule has 0 saturated carbocycles. The molecule has 7 heteroatoms. The zero-order valence-corrected chi connectivity index (χ0v) is 17.9. The number of piperazine rings is 1. The maximum absolute atomic E-state index is 12.7. The minimum absolute atomic E-state index is 0.0474. The third kappa shape index (κ3) is 4.97. The van der Waals surface area contributed by atoms with Crippen LogP contribution in [0.25, 0.3) is 0 Å². The summed E-state index contributed by atoms with van der Waals surface area (Å²) in [7, 11) is 0. The van der Waals surface area contributed by atoms with Crippen LogP contribution < -0.4 is 0 Å². The van der Waals surface area contributed by atoms with E-state index in [2.05, 4.69) is 11.8 Å². The second-order valence-corrected chi connectivity index (χ2v) is 9.20. The van der Waals surface area contributed by atoms with E-state index in [4.69, 9.17) is 16.3 Å². The number of carbonyl (C=O) groups excluding carboxylic acids is 2. The first kappa shape index (κ1) is 20.9. The predicted octanol–water partition coefficient (Wildman–Crippen LogP) is 3.35. The number of hydrogen-bond acceptors (Lipinski definition) is 4. The van der Waals surface area contributed by atoms with Crippen LogP contribution in [-0.4, -0.2) is 77.6 Å². The quantitative estimate of drug-likeness (QED) is 0.754. The van der Waals surface area contributed by atoms with Crippen molar-refractivity contribution in [1.29, 1.82) is 0 Å². The lowest BCUT2D eigenvalue weighted by Crippen LogP contribution is -2.53. The Labute approximate surface area is 172 Å². The van der Waals surface area contributed by atoms with Gasteiger partial charge in [0, 0.05) is 55.9 Å². The molecule has 0 unspecified atom stereocenters. The van der Waals surface area contributed by atoms with Gasteiger partial charge >= 0.3 is 6.09 Å². The van der Waals surface area contributed by atoms with E-state index in [1.54, 1.807) is 24.3 Å². The monoisotopic (exact) mass is 407 g/mol. The number of nitrogens with zero attached hydrogens (tertiary/aromatic N) is 3. The lowest BCUT2D eigenvalue weighted by molar-refractivity contribution is 0.0270. The molecule has 0 spiro atoms. The van der Waals surface area contributed by atoms with Gasteiger partial charge < -0.3 is 14.5 Å².